The molecule has 7 nitrogen and oxygen atoms in total. The zero-order valence-corrected chi connectivity index (χ0v) is 23.9. The van der Waals surface area contributed by atoms with Crippen molar-refractivity contribution in [3.05, 3.63) is 124 Å². The molecule has 1 amide bonds. The van der Waals surface area contributed by atoms with E-state index in [1.54, 1.807) is 78.9 Å². The molecule has 202 valence electrons. The number of benzene rings is 3. The van der Waals surface area contributed by atoms with E-state index in [0.717, 1.165) is 16.9 Å². The predicted octanol–water partition coefficient (Wildman–Crippen LogP) is 4.59. The molecule has 1 unspecified atom stereocenters. The van der Waals surface area contributed by atoms with Crippen LogP contribution < -0.4 is 25.8 Å². The molecule has 1 aliphatic rings. The summed E-state index contributed by atoms with van der Waals surface area (Å²) >= 11 is 19.3. The lowest BCUT2D eigenvalue weighted by molar-refractivity contribution is -0.136. The van der Waals surface area contributed by atoms with Crippen LogP contribution in [0.4, 0.5) is 5.69 Å². The number of rotatable bonds is 5. The molecule has 5 rings (SSSR count). The highest BCUT2D eigenvalue weighted by molar-refractivity contribution is 7.07. The second-order valence-corrected chi connectivity index (χ2v) is 11.1. The lowest BCUT2D eigenvalue weighted by Crippen LogP contribution is -2.42. The average molecular weight is 613 g/mol. The number of nitrogens with two attached hydrogens (primary N) is 1. The standard InChI is InChI=1S/C29H20Cl3N3O4S/c1-39-29(38)23-22(16-4-8-18(31)9-5-16)24(26(36)34-20-12-10-19(32)11-13-20)28-35(25(23)33)27(37)21(40-28)14-15-2-6-17(30)7-3-15/h2-14,22H,33H2,1H3,(H,34,36)/b21-14+. The van der Waals surface area contributed by atoms with E-state index in [4.69, 9.17) is 45.3 Å². The van der Waals surface area contributed by atoms with Crippen molar-refractivity contribution >= 4 is 81.2 Å². The molecule has 0 saturated heterocycles. The summed E-state index contributed by atoms with van der Waals surface area (Å²) in [5.74, 6) is -2.40. The molecule has 4 aromatic rings. The van der Waals surface area contributed by atoms with Crippen LogP contribution in [0.2, 0.25) is 15.1 Å². The van der Waals surface area contributed by atoms with Gasteiger partial charge in [0.05, 0.1) is 28.7 Å². The summed E-state index contributed by atoms with van der Waals surface area (Å²) in [6, 6.07) is 20.2. The van der Waals surface area contributed by atoms with Gasteiger partial charge in [-0.3, -0.25) is 14.2 Å². The van der Waals surface area contributed by atoms with Crippen LogP contribution in [-0.2, 0) is 14.3 Å². The summed E-state index contributed by atoms with van der Waals surface area (Å²) in [4.78, 5) is 40.8. The third kappa shape index (κ3) is 5.31. The molecule has 11 heteroatoms. The second-order valence-electron chi connectivity index (χ2n) is 8.76. The van der Waals surface area contributed by atoms with E-state index in [0.29, 0.717) is 30.9 Å². The number of halogens is 3. The number of thiazole rings is 1. The summed E-state index contributed by atoms with van der Waals surface area (Å²) in [5.41, 5.74) is 7.88. The number of aromatic nitrogens is 1. The topological polar surface area (TPSA) is 103 Å². The minimum atomic E-state index is -0.960. The Labute approximate surface area is 247 Å². The molecule has 0 fully saturated rings. The van der Waals surface area contributed by atoms with E-state index >= 15 is 0 Å². The number of methoxy groups -OCH3 is 1. The Balaban J connectivity index is 1.82. The summed E-state index contributed by atoms with van der Waals surface area (Å²) in [6.45, 7) is 0. The molecule has 0 radical (unpaired) electrons. The molecular formula is C29H20Cl3N3O4S. The first-order valence-corrected chi connectivity index (χ1v) is 13.8. The van der Waals surface area contributed by atoms with E-state index in [1.807, 2.05) is 0 Å². The van der Waals surface area contributed by atoms with E-state index in [2.05, 4.69) is 5.32 Å². The molecule has 0 spiro atoms. The van der Waals surface area contributed by atoms with Crippen molar-refractivity contribution in [1.82, 2.24) is 4.57 Å². The maximum atomic E-state index is 14.0. The van der Waals surface area contributed by atoms with Crippen molar-refractivity contribution in [3.63, 3.8) is 0 Å². The van der Waals surface area contributed by atoms with E-state index in [1.165, 1.54) is 11.7 Å². The number of nitrogens with zero attached hydrogens (tertiary/aromatic N) is 1. The van der Waals surface area contributed by atoms with Crippen molar-refractivity contribution in [2.24, 2.45) is 5.73 Å². The third-order valence-electron chi connectivity index (χ3n) is 6.27. The maximum absolute atomic E-state index is 14.0. The van der Waals surface area contributed by atoms with Crippen LogP contribution in [-0.4, -0.2) is 23.6 Å². The van der Waals surface area contributed by atoms with Gasteiger partial charge in [0.2, 0.25) is 0 Å². The Morgan fingerprint density at radius 3 is 2.02 bits per heavy atom. The Bertz CT molecular complexity index is 1840. The number of carbonyl (C=O) groups is 2. The normalized spacial score (nSPS) is 15.2. The summed E-state index contributed by atoms with van der Waals surface area (Å²) in [6.07, 6.45) is 1.67. The summed E-state index contributed by atoms with van der Waals surface area (Å²) < 4.78 is 6.83. The highest BCUT2D eigenvalue weighted by Crippen LogP contribution is 2.38. The first kappa shape index (κ1) is 27.7. The fraction of sp³-hybridized carbons (Fsp3) is 0.0690. The van der Waals surface area contributed by atoms with Gasteiger partial charge in [0.15, 0.2) is 0 Å². The van der Waals surface area contributed by atoms with Gasteiger partial charge < -0.3 is 15.8 Å². The van der Waals surface area contributed by atoms with Gasteiger partial charge in [0.25, 0.3) is 11.5 Å². The van der Waals surface area contributed by atoms with Crippen LogP contribution in [0.5, 0.6) is 0 Å². The van der Waals surface area contributed by atoms with Gasteiger partial charge in [0, 0.05) is 20.8 Å². The molecular weight excluding hydrogens is 593 g/mol. The van der Waals surface area contributed by atoms with Gasteiger partial charge in [-0.2, -0.15) is 0 Å². The Morgan fingerprint density at radius 1 is 0.900 bits per heavy atom. The number of anilines is 1. The van der Waals surface area contributed by atoms with Crippen LogP contribution in [0.25, 0.3) is 17.5 Å². The number of hydrogen-bond donors (Lipinski definition) is 2. The lowest BCUT2D eigenvalue weighted by Gasteiger charge is -2.27. The number of carbonyl (C=O) groups excluding carboxylic acids is 2. The monoisotopic (exact) mass is 611 g/mol. The first-order chi connectivity index (χ1) is 19.2. The predicted molar refractivity (Wildman–Crippen MR) is 160 cm³/mol. The van der Waals surface area contributed by atoms with E-state index < -0.39 is 23.4 Å². The van der Waals surface area contributed by atoms with Crippen molar-refractivity contribution in [2.45, 2.75) is 5.92 Å². The molecule has 0 bridgehead atoms. The Morgan fingerprint density at radius 2 is 1.45 bits per heavy atom. The molecule has 0 saturated carbocycles. The molecule has 40 heavy (non-hydrogen) atoms. The van der Waals surface area contributed by atoms with Gasteiger partial charge in [-0.15, -0.1) is 11.3 Å². The summed E-state index contributed by atoms with van der Waals surface area (Å²) in [7, 11) is 1.21. The molecule has 0 aliphatic carbocycles. The van der Waals surface area contributed by atoms with Crippen LogP contribution >= 0.6 is 46.1 Å². The third-order valence-corrected chi connectivity index (χ3v) is 8.14. The molecule has 1 aliphatic heterocycles. The van der Waals surface area contributed by atoms with Gasteiger partial charge >= 0.3 is 5.97 Å². The van der Waals surface area contributed by atoms with Crippen molar-refractivity contribution in [2.75, 3.05) is 12.4 Å². The lowest BCUT2D eigenvalue weighted by atomic mass is 9.82. The van der Waals surface area contributed by atoms with E-state index in [9.17, 15) is 14.4 Å². The SMILES string of the molecule is COC(=O)C1=C(N)n2c(s/c(=C/c3ccc(Cl)cc3)c2=O)=C(C(=O)Nc2ccc(Cl)cc2)C1c1ccc(Cl)cc1. The minimum Gasteiger partial charge on any atom is -0.466 e. The van der Waals surface area contributed by atoms with Crippen LogP contribution in [0, 0.1) is 0 Å². The van der Waals surface area contributed by atoms with Crippen molar-refractivity contribution in [1.29, 1.82) is 0 Å². The van der Waals surface area contributed by atoms with E-state index in [-0.39, 0.29) is 21.6 Å². The van der Waals surface area contributed by atoms with Gasteiger partial charge in [-0.1, -0.05) is 59.1 Å². The first-order valence-electron chi connectivity index (χ1n) is 11.8. The number of hydrogen-bond acceptors (Lipinski definition) is 6. The molecule has 3 N–H and O–H groups in total. The number of esters is 1. The van der Waals surface area contributed by atoms with Crippen LogP contribution in [0.3, 0.4) is 0 Å². The Kier molecular flexibility index (Phi) is 7.87. The van der Waals surface area contributed by atoms with Gasteiger partial charge in [0.1, 0.15) is 10.5 Å². The van der Waals surface area contributed by atoms with Crippen LogP contribution in [0.1, 0.15) is 17.0 Å². The zero-order valence-electron chi connectivity index (χ0n) is 20.8. The minimum absolute atomic E-state index is 0.0449. The van der Waals surface area contributed by atoms with Crippen molar-refractivity contribution < 1.29 is 14.3 Å². The Hall–Kier alpha value is -3.82. The van der Waals surface area contributed by atoms with Crippen LogP contribution in [0.15, 0.2) is 83.2 Å². The molecule has 1 atom stereocenters. The smallest absolute Gasteiger partial charge is 0.338 e. The number of fused-ring (bicyclic) bond motifs is 1. The second kappa shape index (κ2) is 11.3. The molecule has 2 heterocycles. The van der Waals surface area contributed by atoms with Crippen molar-refractivity contribution in [3.8, 4) is 0 Å². The van der Waals surface area contributed by atoms with Gasteiger partial charge in [-0.05, 0) is 65.7 Å². The highest BCUT2D eigenvalue weighted by atomic mass is 35.5. The maximum Gasteiger partial charge on any atom is 0.338 e. The highest BCUT2D eigenvalue weighted by Gasteiger charge is 2.39. The molecule has 3 aromatic carbocycles. The summed E-state index contributed by atoms with van der Waals surface area (Å²) in [5, 5.41) is 4.38. The fourth-order valence-electron chi connectivity index (χ4n) is 4.41. The number of nitrogens with one attached hydrogen (secondary N) is 1. The number of amides is 1. The fourth-order valence-corrected chi connectivity index (χ4v) is 5.96. The number of ether oxygens (including phenoxy) is 1. The molecule has 1 aromatic heterocycles. The quantitative estimate of drug-likeness (QED) is 0.321. The average Bonchev–Trinajstić information content (AvgIpc) is 3.26. The largest absolute Gasteiger partial charge is 0.466 e. The van der Waals surface area contributed by atoms with Gasteiger partial charge in [-0.25, -0.2) is 4.79 Å². The zero-order chi connectivity index (χ0) is 28.6.